The summed E-state index contributed by atoms with van der Waals surface area (Å²) in [4.78, 5) is 15.3. The van der Waals surface area contributed by atoms with Crippen molar-refractivity contribution in [3.8, 4) is 0 Å². The van der Waals surface area contributed by atoms with Crippen LogP contribution in [0.4, 0.5) is 0 Å². The highest BCUT2D eigenvalue weighted by atomic mass is 32.1. The summed E-state index contributed by atoms with van der Waals surface area (Å²) in [7, 11) is 0. The van der Waals surface area contributed by atoms with Crippen molar-refractivity contribution < 1.29 is 4.79 Å². The van der Waals surface area contributed by atoms with Gasteiger partial charge in [0.15, 0.2) is 0 Å². The zero-order chi connectivity index (χ0) is 12.4. The van der Waals surface area contributed by atoms with E-state index in [2.05, 4.69) is 19.9 Å². The van der Waals surface area contributed by atoms with Crippen molar-refractivity contribution in [1.29, 1.82) is 0 Å². The summed E-state index contributed by atoms with van der Waals surface area (Å²) < 4.78 is 0. The molecule has 1 aromatic rings. The van der Waals surface area contributed by atoms with Gasteiger partial charge >= 0.3 is 0 Å². The van der Waals surface area contributed by atoms with E-state index in [9.17, 15) is 4.79 Å². The zero-order valence-electron chi connectivity index (χ0n) is 10.5. The Bertz CT molecular complexity index is 402. The van der Waals surface area contributed by atoms with Gasteiger partial charge in [-0.1, -0.05) is 13.8 Å². The quantitative estimate of drug-likeness (QED) is 0.876. The number of carbonyl (C=O) groups is 1. The summed E-state index contributed by atoms with van der Waals surface area (Å²) in [5.41, 5.74) is 7.15. The van der Waals surface area contributed by atoms with Crippen LogP contribution in [0.2, 0.25) is 0 Å². The molecule has 0 saturated carbocycles. The monoisotopic (exact) mass is 252 g/mol. The molecular weight excluding hydrogens is 232 g/mol. The Labute approximate surface area is 107 Å². The van der Waals surface area contributed by atoms with Gasteiger partial charge in [0.2, 0.25) is 0 Å². The van der Waals surface area contributed by atoms with Gasteiger partial charge in [0.25, 0.3) is 5.91 Å². The standard InChI is InChI=1S/C13H20N2OS/c1-3-10-5-7-17-12(10)13(16)15-6-4-11(14)9(2)8-15/h5,7,9,11H,3-4,6,8,14H2,1-2H3. The lowest BCUT2D eigenvalue weighted by atomic mass is 9.94. The number of amides is 1. The van der Waals surface area contributed by atoms with Crippen LogP contribution in [0.1, 0.15) is 35.5 Å². The maximum absolute atomic E-state index is 12.4. The van der Waals surface area contributed by atoms with Crippen LogP contribution in [-0.4, -0.2) is 29.9 Å². The van der Waals surface area contributed by atoms with E-state index >= 15 is 0 Å². The van der Waals surface area contributed by atoms with Crippen LogP contribution in [0.25, 0.3) is 0 Å². The first-order valence-corrected chi connectivity index (χ1v) is 7.12. The Hall–Kier alpha value is -0.870. The van der Waals surface area contributed by atoms with Crippen LogP contribution in [0.3, 0.4) is 0 Å². The van der Waals surface area contributed by atoms with Crippen molar-refractivity contribution >= 4 is 17.2 Å². The molecule has 0 bridgehead atoms. The average Bonchev–Trinajstić information content (AvgIpc) is 2.80. The Morgan fingerprint density at radius 2 is 2.41 bits per heavy atom. The number of hydrogen-bond acceptors (Lipinski definition) is 3. The van der Waals surface area contributed by atoms with Gasteiger partial charge in [-0.2, -0.15) is 0 Å². The van der Waals surface area contributed by atoms with Gasteiger partial charge in [-0.3, -0.25) is 4.79 Å². The minimum Gasteiger partial charge on any atom is -0.338 e. The van der Waals surface area contributed by atoms with Gasteiger partial charge in [0.1, 0.15) is 0 Å². The van der Waals surface area contributed by atoms with Crippen molar-refractivity contribution in [3.63, 3.8) is 0 Å². The van der Waals surface area contributed by atoms with E-state index < -0.39 is 0 Å². The molecule has 0 aromatic carbocycles. The Balaban J connectivity index is 2.10. The number of likely N-dealkylation sites (tertiary alicyclic amines) is 1. The van der Waals surface area contributed by atoms with Crippen LogP contribution in [0.15, 0.2) is 11.4 Å². The second kappa shape index (κ2) is 5.19. The van der Waals surface area contributed by atoms with Crippen LogP contribution in [-0.2, 0) is 6.42 Å². The molecule has 1 amide bonds. The molecule has 0 aliphatic carbocycles. The summed E-state index contributed by atoms with van der Waals surface area (Å²) in [5, 5.41) is 2.01. The number of carbonyl (C=O) groups excluding carboxylic acids is 1. The number of piperidine rings is 1. The number of hydrogen-bond donors (Lipinski definition) is 1. The minimum absolute atomic E-state index is 0.190. The molecule has 2 unspecified atom stereocenters. The number of nitrogens with two attached hydrogens (primary N) is 1. The molecule has 94 valence electrons. The van der Waals surface area contributed by atoms with Crippen LogP contribution in [0, 0.1) is 5.92 Å². The molecule has 0 radical (unpaired) electrons. The fourth-order valence-electron chi connectivity index (χ4n) is 2.29. The summed E-state index contributed by atoms with van der Waals surface area (Å²) in [5.74, 6) is 0.591. The third kappa shape index (κ3) is 2.53. The highest BCUT2D eigenvalue weighted by Gasteiger charge is 2.28. The van der Waals surface area contributed by atoms with Crippen LogP contribution in [0.5, 0.6) is 0 Å². The number of aryl methyl sites for hydroxylation is 1. The zero-order valence-corrected chi connectivity index (χ0v) is 11.3. The minimum atomic E-state index is 0.190. The van der Waals surface area contributed by atoms with Crippen molar-refractivity contribution in [1.82, 2.24) is 4.90 Å². The summed E-state index contributed by atoms with van der Waals surface area (Å²) in [6, 6.07) is 2.30. The molecule has 4 heteroatoms. The Kier molecular flexibility index (Phi) is 3.84. The van der Waals surface area contributed by atoms with Gasteiger partial charge in [0, 0.05) is 19.1 Å². The van der Waals surface area contributed by atoms with Crippen molar-refractivity contribution in [3.05, 3.63) is 21.9 Å². The van der Waals surface area contributed by atoms with Gasteiger partial charge in [0.05, 0.1) is 4.88 Å². The van der Waals surface area contributed by atoms with Gasteiger partial charge in [-0.05, 0) is 35.8 Å². The first kappa shape index (κ1) is 12.6. The van der Waals surface area contributed by atoms with Crippen LogP contribution < -0.4 is 5.73 Å². The van der Waals surface area contributed by atoms with E-state index in [1.807, 2.05) is 10.3 Å². The molecule has 17 heavy (non-hydrogen) atoms. The lowest BCUT2D eigenvalue weighted by Gasteiger charge is -2.35. The van der Waals surface area contributed by atoms with E-state index in [0.717, 1.165) is 30.8 Å². The normalized spacial score (nSPS) is 25.0. The van der Waals surface area contributed by atoms with Crippen molar-refractivity contribution in [2.24, 2.45) is 11.7 Å². The van der Waals surface area contributed by atoms with Gasteiger partial charge in [-0.15, -0.1) is 11.3 Å². The molecule has 2 atom stereocenters. The molecule has 1 aromatic heterocycles. The third-order valence-corrected chi connectivity index (χ3v) is 4.53. The predicted molar refractivity (Wildman–Crippen MR) is 71.4 cm³/mol. The molecule has 1 fully saturated rings. The first-order valence-electron chi connectivity index (χ1n) is 6.24. The molecular formula is C13H20N2OS. The second-order valence-electron chi connectivity index (χ2n) is 4.81. The molecule has 0 spiro atoms. The maximum atomic E-state index is 12.4. The lowest BCUT2D eigenvalue weighted by molar-refractivity contribution is 0.0668. The molecule has 1 saturated heterocycles. The van der Waals surface area contributed by atoms with Crippen molar-refractivity contribution in [2.75, 3.05) is 13.1 Å². The maximum Gasteiger partial charge on any atom is 0.264 e. The first-order chi connectivity index (χ1) is 8.13. The highest BCUT2D eigenvalue weighted by Crippen LogP contribution is 2.23. The fraction of sp³-hybridized carbons (Fsp3) is 0.615. The Morgan fingerprint density at radius 1 is 1.65 bits per heavy atom. The summed E-state index contributed by atoms with van der Waals surface area (Å²) in [6.07, 6.45) is 1.84. The number of nitrogens with zero attached hydrogens (tertiary/aromatic N) is 1. The summed E-state index contributed by atoms with van der Waals surface area (Å²) >= 11 is 1.56. The van der Waals surface area contributed by atoms with E-state index in [0.29, 0.717) is 5.92 Å². The van der Waals surface area contributed by atoms with Crippen molar-refractivity contribution in [2.45, 2.75) is 32.7 Å². The smallest absolute Gasteiger partial charge is 0.264 e. The molecule has 2 rings (SSSR count). The highest BCUT2D eigenvalue weighted by molar-refractivity contribution is 7.12. The predicted octanol–water partition coefficient (Wildman–Crippen LogP) is 2.12. The van der Waals surface area contributed by atoms with Gasteiger partial charge < -0.3 is 10.6 Å². The average molecular weight is 252 g/mol. The fourth-order valence-corrected chi connectivity index (χ4v) is 3.26. The lowest BCUT2D eigenvalue weighted by Crippen LogP contribution is -2.48. The third-order valence-electron chi connectivity index (χ3n) is 3.58. The molecule has 2 N–H and O–H groups in total. The molecule has 1 aliphatic heterocycles. The Morgan fingerprint density at radius 3 is 3.06 bits per heavy atom. The van der Waals surface area contributed by atoms with E-state index in [1.54, 1.807) is 11.3 Å². The van der Waals surface area contributed by atoms with E-state index in [4.69, 9.17) is 5.73 Å². The number of thiophene rings is 1. The van der Waals surface area contributed by atoms with Crippen LogP contribution >= 0.6 is 11.3 Å². The topological polar surface area (TPSA) is 46.3 Å². The number of rotatable bonds is 2. The second-order valence-corrected chi connectivity index (χ2v) is 5.73. The molecule has 2 heterocycles. The molecule has 1 aliphatic rings. The summed E-state index contributed by atoms with van der Waals surface area (Å²) in [6.45, 7) is 5.80. The SMILES string of the molecule is CCc1ccsc1C(=O)N1CCC(N)C(C)C1. The van der Waals surface area contributed by atoms with Gasteiger partial charge in [-0.25, -0.2) is 0 Å². The molecule has 3 nitrogen and oxygen atoms in total. The van der Waals surface area contributed by atoms with E-state index in [-0.39, 0.29) is 11.9 Å². The largest absolute Gasteiger partial charge is 0.338 e. The van der Waals surface area contributed by atoms with E-state index in [1.165, 1.54) is 5.56 Å².